The van der Waals surface area contributed by atoms with E-state index >= 15 is 0 Å². The van der Waals surface area contributed by atoms with Gasteiger partial charge in [-0.25, -0.2) is 11.3 Å². The second-order valence-electron chi connectivity index (χ2n) is 3.44. The van der Waals surface area contributed by atoms with E-state index in [0.29, 0.717) is 12.5 Å². The van der Waals surface area contributed by atoms with Crippen LogP contribution in [0.25, 0.3) is 0 Å². The fraction of sp³-hybridized carbons (Fsp3) is 0.200. The molecule has 1 aromatic carbocycles. The molecule has 16 heavy (non-hydrogen) atoms. The largest absolute Gasteiger partial charge is 0.474 e. The minimum Gasteiger partial charge on any atom is -0.474 e. The SMILES string of the molecule is NC1C=C(OCc2ccccc2)NN(N)N1. The molecule has 1 aliphatic rings. The standard InChI is InChI=1S/C10H15N5O/c11-9-6-10(14-15(12)13-9)16-7-8-4-2-1-3-5-8/h1-6,9,13-14H,7,11-12H2. The Labute approximate surface area is 93.8 Å². The van der Waals surface area contributed by atoms with E-state index in [-0.39, 0.29) is 6.17 Å². The number of ether oxygens (including phenoxy) is 1. The first kappa shape index (κ1) is 10.9. The van der Waals surface area contributed by atoms with Crippen molar-refractivity contribution in [3.8, 4) is 0 Å². The van der Waals surface area contributed by atoms with E-state index in [1.807, 2.05) is 30.3 Å². The van der Waals surface area contributed by atoms with Gasteiger partial charge in [0.05, 0.1) is 6.17 Å². The Balaban J connectivity index is 1.91. The minimum atomic E-state index is -0.350. The molecule has 1 atom stereocenters. The number of hydrogen-bond acceptors (Lipinski definition) is 6. The van der Waals surface area contributed by atoms with Crippen LogP contribution in [0.2, 0.25) is 0 Å². The molecule has 0 aromatic heterocycles. The molecule has 0 amide bonds. The molecule has 0 saturated heterocycles. The van der Waals surface area contributed by atoms with Gasteiger partial charge in [0, 0.05) is 6.08 Å². The highest BCUT2D eigenvalue weighted by Crippen LogP contribution is 2.05. The van der Waals surface area contributed by atoms with E-state index in [9.17, 15) is 0 Å². The van der Waals surface area contributed by atoms with Gasteiger partial charge >= 0.3 is 0 Å². The molecule has 0 radical (unpaired) electrons. The van der Waals surface area contributed by atoms with Crippen molar-refractivity contribution in [3.63, 3.8) is 0 Å². The van der Waals surface area contributed by atoms with Gasteiger partial charge in [0.1, 0.15) is 6.61 Å². The molecule has 0 fully saturated rings. The quantitative estimate of drug-likeness (QED) is 0.516. The summed E-state index contributed by atoms with van der Waals surface area (Å²) in [6.45, 7) is 0.472. The van der Waals surface area contributed by atoms with Crippen LogP contribution in [0.3, 0.4) is 0 Å². The predicted molar refractivity (Wildman–Crippen MR) is 59.6 cm³/mol. The van der Waals surface area contributed by atoms with Crippen molar-refractivity contribution in [1.29, 1.82) is 0 Å². The first-order valence-corrected chi connectivity index (χ1v) is 4.96. The molecule has 1 aliphatic heterocycles. The Morgan fingerprint density at radius 1 is 1.31 bits per heavy atom. The lowest BCUT2D eigenvalue weighted by Gasteiger charge is -2.28. The summed E-state index contributed by atoms with van der Waals surface area (Å²) in [5, 5.41) is 1.17. The van der Waals surface area contributed by atoms with E-state index in [1.165, 1.54) is 5.23 Å². The zero-order valence-corrected chi connectivity index (χ0v) is 8.76. The molecule has 0 bridgehead atoms. The van der Waals surface area contributed by atoms with Gasteiger partial charge in [-0.1, -0.05) is 35.6 Å². The maximum Gasteiger partial charge on any atom is 0.202 e. The van der Waals surface area contributed by atoms with E-state index < -0.39 is 0 Å². The maximum atomic E-state index is 5.66. The highest BCUT2D eigenvalue weighted by molar-refractivity contribution is 5.14. The molecule has 0 aliphatic carbocycles. The predicted octanol–water partition coefficient (Wildman–Crippen LogP) is -0.472. The van der Waals surface area contributed by atoms with Crippen LogP contribution in [0.5, 0.6) is 0 Å². The smallest absolute Gasteiger partial charge is 0.202 e. The number of benzene rings is 1. The van der Waals surface area contributed by atoms with Gasteiger partial charge in [-0.3, -0.25) is 5.43 Å². The van der Waals surface area contributed by atoms with Gasteiger partial charge in [0.15, 0.2) is 0 Å². The van der Waals surface area contributed by atoms with Crippen molar-refractivity contribution in [1.82, 2.24) is 16.1 Å². The van der Waals surface area contributed by atoms with Crippen LogP contribution in [0.4, 0.5) is 0 Å². The van der Waals surface area contributed by atoms with Crippen LogP contribution in [-0.2, 0) is 11.3 Å². The summed E-state index contributed by atoms with van der Waals surface area (Å²) in [6.07, 6.45) is 1.36. The van der Waals surface area contributed by atoms with E-state index in [2.05, 4.69) is 10.9 Å². The van der Waals surface area contributed by atoms with Crippen LogP contribution < -0.4 is 22.4 Å². The van der Waals surface area contributed by atoms with Gasteiger partial charge in [-0.2, -0.15) is 0 Å². The van der Waals surface area contributed by atoms with Gasteiger partial charge in [0.25, 0.3) is 0 Å². The van der Waals surface area contributed by atoms with Crippen LogP contribution in [0.1, 0.15) is 5.56 Å². The highest BCUT2D eigenvalue weighted by atomic mass is 16.5. The third-order valence-electron chi connectivity index (χ3n) is 2.09. The molecular weight excluding hydrogens is 206 g/mol. The maximum absolute atomic E-state index is 5.66. The topological polar surface area (TPSA) is 88.6 Å². The normalized spacial score (nSPS) is 21.1. The first-order valence-electron chi connectivity index (χ1n) is 4.96. The molecule has 6 nitrogen and oxygen atoms in total. The number of hydrazine groups is 3. The van der Waals surface area contributed by atoms with Crippen molar-refractivity contribution in [2.24, 2.45) is 11.6 Å². The van der Waals surface area contributed by atoms with Crippen LogP contribution in [0.15, 0.2) is 42.3 Å². The summed E-state index contributed by atoms with van der Waals surface area (Å²) in [7, 11) is 0. The molecule has 1 aromatic rings. The summed E-state index contributed by atoms with van der Waals surface area (Å²) in [4.78, 5) is 0. The van der Waals surface area contributed by atoms with Crippen molar-refractivity contribution < 1.29 is 4.74 Å². The van der Waals surface area contributed by atoms with E-state index in [1.54, 1.807) is 6.08 Å². The molecule has 1 heterocycles. The van der Waals surface area contributed by atoms with E-state index in [4.69, 9.17) is 16.3 Å². The Morgan fingerprint density at radius 3 is 2.75 bits per heavy atom. The summed E-state index contributed by atoms with van der Waals surface area (Å²) < 4.78 is 5.52. The lowest BCUT2D eigenvalue weighted by atomic mass is 10.2. The molecule has 1 unspecified atom stereocenters. The molecular formula is C10H15N5O. The molecule has 6 N–H and O–H groups in total. The molecule has 0 saturated carbocycles. The second kappa shape index (κ2) is 4.95. The Bertz CT molecular complexity index is 367. The fourth-order valence-electron chi connectivity index (χ4n) is 1.36. The zero-order valence-electron chi connectivity index (χ0n) is 8.76. The molecule has 2 rings (SSSR count). The van der Waals surface area contributed by atoms with Crippen LogP contribution in [-0.4, -0.2) is 11.4 Å². The fourth-order valence-corrected chi connectivity index (χ4v) is 1.36. The van der Waals surface area contributed by atoms with Crippen molar-refractivity contribution in [3.05, 3.63) is 47.9 Å². The number of nitrogens with two attached hydrogens (primary N) is 2. The summed E-state index contributed by atoms with van der Waals surface area (Å²) in [5.74, 6) is 6.03. The number of nitrogens with zero attached hydrogens (tertiary/aromatic N) is 1. The van der Waals surface area contributed by atoms with Gasteiger partial charge < -0.3 is 10.5 Å². The Morgan fingerprint density at radius 2 is 2.06 bits per heavy atom. The number of rotatable bonds is 3. The van der Waals surface area contributed by atoms with Gasteiger partial charge in [-0.05, 0) is 5.56 Å². The zero-order chi connectivity index (χ0) is 11.4. The summed E-state index contributed by atoms with van der Waals surface area (Å²) in [5.41, 5.74) is 12.2. The van der Waals surface area contributed by atoms with E-state index in [0.717, 1.165) is 5.56 Å². The van der Waals surface area contributed by atoms with Crippen LogP contribution in [0, 0.1) is 0 Å². The Hall–Kier alpha value is -1.60. The minimum absolute atomic E-state index is 0.350. The molecule has 86 valence electrons. The summed E-state index contributed by atoms with van der Waals surface area (Å²) >= 11 is 0. The second-order valence-corrected chi connectivity index (χ2v) is 3.44. The first-order chi connectivity index (χ1) is 7.74. The molecule has 0 spiro atoms. The average Bonchev–Trinajstić information content (AvgIpc) is 2.27. The van der Waals surface area contributed by atoms with Crippen molar-refractivity contribution >= 4 is 0 Å². The van der Waals surface area contributed by atoms with Crippen molar-refractivity contribution in [2.45, 2.75) is 12.8 Å². The molecule has 6 heteroatoms. The van der Waals surface area contributed by atoms with Crippen LogP contribution >= 0.6 is 0 Å². The van der Waals surface area contributed by atoms with Gasteiger partial charge in [-0.15, -0.1) is 0 Å². The van der Waals surface area contributed by atoms with Crippen molar-refractivity contribution in [2.75, 3.05) is 0 Å². The third-order valence-corrected chi connectivity index (χ3v) is 2.09. The monoisotopic (exact) mass is 221 g/mol. The van der Waals surface area contributed by atoms with Gasteiger partial charge in [0.2, 0.25) is 5.88 Å². The third kappa shape index (κ3) is 2.94. The lowest BCUT2D eigenvalue weighted by Crippen LogP contribution is -2.61. The number of hydrogen-bond donors (Lipinski definition) is 4. The summed E-state index contributed by atoms with van der Waals surface area (Å²) in [6, 6.07) is 9.86. The average molecular weight is 221 g/mol. The lowest BCUT2D eigenvalue weighted by molar-refractivity contribution is 0.0417. The number of nitrogens with one attached hydrogen (secondary N) is 2. The Kier molecular flexibility index (Phi) is 3.37. The highest BCUT2D eigenvalue weighted by Gasteiger charge is 2.13.